The lowest BCUT2D eigenvalue weighted by molar-refractivity contribution is 0.397. The van der Waals surface area contributed by atoms with Crippen LogP contribution in [0.15, 0.2) is 18.3 Å². The minimum atomic E-state index is 0.556. The van der Waals surface area contributed by atoms with Crippen LogP contribution in [-0.4, -0.2) is 17.1 Å². The molecule has 0 aliphatic heterocycles. The Morgan fingerprint density at radius 1 is 1.36 bits per heavy atom. The summed E-state index contributed by atoms with van der Waals surface area (Å²) in [5, 5.41) is 0. The lowest BCUT2D eigenvalue weighted by Crippen LogP contribution is -1.93. The van der Waals surface area contributed by atoms with Gasteiger partial charge in [0.15, 0.2) is 0 Å². The Morgan fingerprint density at radius 2 is 2.14 bits per heavy atom. The highest BCUT2D eigenvalue weighted by Crippen LogP contribution is 2.22. The molecule has 2 aromatic rings. The molecule has 1 aromatic carbocycles. The SMILES string of the molecule is COc1cnc2ccc(C)c(I)c2n1. The average Bonchev–Trinajstić information content (AvgIpc) is 2.23. The third kappa shape index (κ3) is 1.54. The highest BCUT2D eigenvalue weighted by atomic mass is 127. The summed E-state index contributed by atoms with van der Waals surface area (Å²) < 4.78 is 6.17. The van der Waals surface area contributed by atoms with E-state index in [-0.39, 0.29) is 0 Å². The van der Waals surface area contributed by atoms with Crippen molar-refractivity contribution in [2.45, 2.75) is 6.92 Å². The van der Waals surface area contributed by atoms with Gasteiger partial charge in [-0.2, -0.15) is 0 Å². The lowest BCUT2D eigenvalue weighted by Gasteiger charge is -2.04. The van der Waals surface area contributed by atoms with Gasteiger partial charge in [-0.3, -0.25) is 0 Å². The largest absolute Gasteiger partial charge is 0.480 e. The van der Waals surface area contributed by atoms with E-state index in [2.05, 4.69) is 39.5 Å². The first-order valence-corrected chi connectivity index (χ1v) is 5.26. The number of hydrogen-bond donors (Lipinski definition) is 0. The van der Waals surface area contributed by atoms with Crippen molar-refractivity contribution >= 4 is 33.6 Å². The van der Waals surface area contributed by atoms with Crippen molar-refractivity contribution in [3.05, 3.63) is 27.5 Å². The predicted octanol–water partition coefficient (Wildman–Crippen LogP) is 2.55. The van der Waals surface area contributed by atoms with E-state index in [0.717, 1.165) is 14.6 Å². The summed E-state index contributed by atoms with van der Waals surface area (Å²) in [5.41, 5.74) is 3.02. The topological polar surface area (TPSA) is 35.0 Å². The molecular weight excluding hydrogens is 291 g/mol. The Kier molecular flexibility index (Phi) is 2.54. The van der Waals surface area contributed by atoms with Crippen LogP contribution < -0.4 is 4.74 Å². The first-order chi connectivity index (χ1) is 6.72. The Hall–Kier alpha value is -0.910. The van der Waals surface area contributed by atoms with E-state index in [1.807, 2.05) is 12.1 Å². The minimum absolute atomic E-state index is 0.556. The number of hydrogen-bond acceptors (Lipinski definition) is 3. The van der Waals surface area contributed by atoms with Crippen LogP contribution in [0.5, 0.6) is 5.88 Å². The molecule has 0 saturated carbocycles. The third-order valence-corrected chi connectivity index (χ3v) is 3.39. The Morgan fingerprint density at radius 3 is 2.86 bits per heavy atom. The molecule has 0 spiro atoms. The zero-order valence-electron chi connectivity index (χ0n) is 7.91. The second kappa shape index (κ2) is 3.68. The predicted molar refractivity (Wildman–Crippen MR) is 63.5 cm³/mol. The monoisotopic (exact) mass is 300 g/mol. The zero-order valence-corrected chi connectivity index (χ0v) is 10.1. The molecule has 1 heterocycles. The first-order valence-electron chi connectivity index (χ1n) is 4.18. The maximum Gasteiger partial charge on any atom is 0.232 e. The molecule has 1 aromatic heterocycles. The number of benzene rings is 1. The van der Waals surface area contributed by atoms with Crippen LogP contribution >= 0.6 is 22.6 Å². The summed E-state index contributed by atoms with van der Waals surface area (Å²) >= 11 is 2.28. The molecule has 72 valence electrons. The third-order valence-electron chi connectivity index (χ3n) is 2.03. The van der Waals surface area contributed by atoms with Crippen LogP contribution in [0.4, 0.5) is 0 Å². The van der Waals surface area contributed by atoms with E-state index in [4.69, 9.17) is 4.74 Å². The molecule has 3 nitrogen and oxygen atoms in total. The summed E-state index contributed by atoms with van der Waals surface area (Å²) in [5.74, 6) is 0.556. The van der Waals surface area contributed by atoms with Gasteiger partial charge in [0.1, 0.15) is 5.52 Å². The van der Waals surface area contributed by atoms with Crippen molar-refractivity contribution in [3.8, 4) is 5.88 Å². The number of fused-ring (bicyclic) bond motifs is 1. The molecule has 0 aliphatic rings. The Bertz CT molecular complexity index is 485. The van der Waals surface area contributed by atoms with Crippen LogP contribution in [0, 0.1) is 10.5 Å². The molecule has 0 bridgehead atoms. The van der Waals surface area contributed by atoms with Crippen LogP contribution in [0.2, 0.25) is 0 Å². The number of aryl methyl sites for hydroxylation is 1. The molecule has 0 aliphatic carbocycles. The highest BCUT2D eigenvalue weighted by Gasteiger charge is 2.05. The zero-order chi connectivity index (χ0) is 10.1. The highest BCUT2D eigenvalue weighted by molar-refractivity contribution is 14.1. The maximum atomic E-state index is 5.04. The summed E-state index contributed by atoms with van der Waals surface area (Å²) in [6, 6.07) is 4.02. The molecule has 0 atom stereocenters. The van der Waals surface area contributed by atoms with Gasteiger partial charge in [0.25, 0.3) is 0 Å². The number of halogens is 1. The summed E-state index contributed by atoms with van der Waals surface area (Å²) in [7, 11) is 1.60. The number of aromatic nitrogens is 2. The van der Waals surface area contributed by atoms with Crippen molar-refractivity contribution < 1.29 is 4.74 Å². The van der Waals surface area contributed by atoms with Gasteiger partial charge in [-0.1, -0.05) is 6.07 Å². The van der Waals surface area contributed by atoms with E-state index in [1.165, 1.54) is 5.56 Å². The molecule has 0 N–H and O–H groups in total. The molecule has 0 amide bonds. The quantitative estimate of drug-likeness (QED) is 0.759. The van der Waals surface area contributed by atoms with Gasteiger partial charge in [0, 0.05) is 3.57 Å². The smallest absolute Gasteiger partial charge is 0.232 e. The fourth-order valence-corrected chi connectivity index (χ4v) is 1.80. The van der Waals surface area contributed by atoms with Gasteiger partial charge in [-0.05, 0) is 41.1 Å². The number of ether oxygens (including phenoxy) is 1. The summed E-state index contributed by atoms with van der Waals surface area (Å²) in [6.07, 6.45) is 1.63. The van der Waals surface area contributed by atoms with Gasteiger partial charge in [-0.15, -0.1) is 0 Å². The fourth-order valence-electron chi connectivity index (χ4n) is 1.23. The van der Waals surface area contributed by atoms with Gasteiger partial charge < -0.3 is 4.74 Å². The van der Waals surface area contributed by atoms with Gasteiger partial charge in [0.05, 0.1) is 18.8 Å². The maximum absolute atomic E-state index is 5.04. The molecule has 2 rings (SSSR count). The molecule has 14 heavy (non-hydrogen) atoms. The number of methoxy groups -OCH3 is 1. The van der Waals surface area contributed by atoms with Gasteiger partial charge in [-0.25, -0.2) is 9.97 Å². The van der Waals surface area contributed by atoms with E-state index in [0.29, 0.717) is 5.88 Å². The first kappa shape index (κ1) is 9.64. The molecule has 0 fully saturated rings. The molecule has 0 unspecified atom stereocenters. The minimum Gasteiger partial charge on any atom is -0.480 e. The van der Waals surface area contributed by atoms with Crippen LogP contribution in [0.25, 0.3) is 11.0 Å². The average molecular weight is 300 g/mol. The van der Waals surface area contributed by atoms with E-state index < -0.39 is 0 Å². The number of nitrogens with zero attached hydrogens (tertiary/aromatic N) is 2. The van der Waals surface area contributed by atoms with E-state index in [9.17, 15) is 0 Å². The lowest BCUT2D eigenvalue weighted by atomic mass is 10.2. The molecular formula is C10H9IN2O. The molecule has 4 heteroatoms. The molecule has 0 saturated heterocycles. The van der Waals surface area contributed by atoms with Crippen molar-refractivity contribution in [2.75, 3.05) is 7.11 Å². The summed E-state index contributed by atoms with van der Waals surface area (Å²) in [6.45, 7) is 2.06. The number of rotatable bonds is 1. The second-order valence-electron chi connectivity index (χ2n) is 2.98. The van der Waals surface area contributed by atoms with Gasteiger partial charge in [0.2, 0.25) is 5.88 Å². The van der Waals surface area contributed by atoms with Crippen LogP contribution in [-0.2, 0) is 0 Å². The Balaban J connectivity index is 2.78. The van der Waals surface area contributed by atoms with Crippen molar-refractivity contribution in [1.82, 2.24) is 9.97 Å². The second-order valence-corrected chi connectivity index (χ2v) is 4.06. The van der Waals surface area contributed by atoms with Crippen molar-refractivity contribution in [2.24, 2.45) is 0 Å². The normalized spacial score (nSPS) is 10.5. The molecule has 0 radical (unpaired) electrons. The summed E-state index contributed by atoms with van der Waals surface area (Å²) in [4.78, 5) is 8.62. The van der Waals surface area contributed by atoms with Gasteiger partial charge >= 0.3 is 0 Å². The van der Waals surface area contributed by atoms with Crippen LogP contribution in [0.3, 0.4) is 0 Å². The van der Waals surface area contributed by atoms with E-state index in [1.54, 1.807) is 13.3 Å². The van der Waals surface area contributed by atoms with Crippen LogP contribution in [0.1, 0.15) is 5.56 Å². The van der Waals surface area contributed by atoms with Crippen molar-refractivity contribution in [3.63, 3.8) is 0 Å². The standard InChI is InChI=1S/C10H9IN2O/c1-6-3-4-7-10(9(6)11)13-8(14-2)5-12-7/h3-5H,1-2H3. The fraction of sp³-hybridized carbons (Fsp3) is 0.200. The van der Waals surface area contributed by atoms with Crippen molar-refractivity contribution in [1.29, 1.82) is 0 Å². The Labute approximate surface area is 95.7 Å². The van der Waals surface area contributed by atoms with E-state index >= 15 is 0 Å².